The van der Waals surface area contributed by atoms with Crippen LogP contribution in [0.4, 0.5) is 0 Å². The lowest BCUT2D eigenvalue weighted by atomic mass is 9.94. The van der Waals surface area contributed by atoms with E-state index >= 15 is 0 Å². The second kappa shape index (κ2) is 9.83. The van der Waals surface area contributed by atoms with Crippen LogP contribution in [0.2, 0.25) is 0 Å². The third-order valence-corrected chi connectivity index (χ3v) is 4.91. The zero-order valence-corrected chi connectivity index (χ0v) is 17.7. The van der Waals surface area contributed by atoms with Gasteiger partial charge in [0.1, 0.15) is 11.9 Å². The largest absolute Gasteiger partial charge is 0.490 e. The van der Waals surface area contributed by atoms with Crippen LogP contribution < -0.4 is 10.1 Å². The van der Waals surface area contributed by atoms with E-state index in [2.05, 4.69) is 41.0 Å². The van der Waals surface area contributed by atoms with Crippen LogP contribution in [0.1, 0.15) is 49.7 Å². The topological polar surface area (TPSA) is 67.3 Å². The summed E-state index contributed by atoms with van der Waals surface area (Å²) in [6, 6.07) is 7.45. The summed E-state index contributed by atoms with van der Waals surface area (Å²) >= 11 is 0. The van der Waals surface area contributed by atoms with Crippen molar-refractivity contribution in [3.8, 4) is 5.75 Å². The minimum Gasteiger partial charge on any atom is -0.490 e. The van der Waals surface area contributed by atoms with Gasteiger partial charge in [-0.2, -0.15) is 0 Å². The Morgan fingerprint density at radius 1 is 1.24 bits per heavy atom. The Labute approximate surface area is 173 Å². The second-order valence-corrected chi connectivity index (χ2v) is 8.88. The summed E-state index contributed by atoms with van der Waals surface area (Å²) < 4.78 is 6.17. The van der Waals surface area contributed by atoms with Crippen molar-refractivity contribution < 1.29 is 9.53 Å². The molecule has 0 bridgehead atoms. The van der Waals surface area contributed by atoms with Gasteiger partial charge in [-0.25, -0.2) is 0 Å². The highest BCUT2D eigenvalue weighted by Crippen LogP contribution is 2.23. The van der Waals surface area contributed by atoms with Gasteiger partial charge in [-0.1, -0.05) is 26.8 Å². The van der Waals surface area contributed by atoms with E-state index in [0.29, 0.717) is 23.9 Å². The number of carbonyl (C=O) groups is 1. The van der Waals surface area contributed by atoms with Gasteiger partial charge in [0.15, 0.2) is 0 Å². The molecule has 0 radical (unpaired) electrons. The summed E-state index contributed by atoms with van der Waals surface area (Å²) in [6.07, 6.45) is 7.92. The lowest BCUT2D eigenvalue weighted by molar-refractivity contribution is 0.0808. The van der Waals surface area contributed by atoms with Crippen molar-refractivity contribution in [3.63, 3.8) is 0 Å². The van der Waals surface area contributed by atoms with E-state index in [4.69, 9.17) is 4.74 Å². The molecule has 1 aromatic carbocycles. The maximum absolute atomic E-state index is 12.4. The highest BCUT2D eigenvalue weighted by molar-refractivity contribution is 5.94. The Bertz CT molecular complexity index is 781. The Morgan fingerprint density at radius 2 is 2.03 bits per heavy atom. The van der Waals surface area contributed by atoms with Crippen molar-refractivity contribution in [2.75, 3.05) is 26.2 Å². The average Bonchev–Trinajstić information content (AvgIpc) is 2.69. The van der Waals surface area contributed by atoms with Crippen molar-refractivity contribution >= 4 is 5.91 Å². The van der Waals surface area contributed by atoms with Crippen LogP contribution in [0.25, 0.3) is 0 Å². The first kappa shape index (κ1) is 21.2. The molecule has 1 saturated heterocycles. The molecule has 2 heterocycles. The van der Waals surface area contributed by atoms with E-state index in [1.807, 2.05) is 24.3 Å². The van der Waals surface area contributed by atoms with E-state index in [0.717, 1.165) is 43.9 Å². The smallest absolute Gasteiger partial charge is 0.251 e. The number of hydrogen-bond acceptors (Lipinski definition) is 5. The molecule has 6 nitrogen and oxygen atoms in total. The number of hydrogen-bond donors (Lipinski definition) is 1. The van der Waals surface area contributed by atoms with Crippen LogP contribution in [0.5, 0.6) is 5.75 Å². The number of rotatable bonds is 7. The quantitative estimate of drug-likeness (QED) is 0.777. The molecule has 0 saturated carbocycles. The summed E-state index contributed by atoms with van der Waals surface area (Å²) in [5.74, 6) is 0.667. The molecule has 29 heavy (non-hydrogen) atoms. The zero-order valence-electron chi connectivity index (χ0n) is 17.7. The van der Waals surface area contributed by atoms with Crippen LogP contribution in [-0.2, 0) is 6.42 Å². The van der Waals surface area contributed by atoms with Gasteiger partial charge in [0.25, 0.3) is 5.91 Å². The minimum atomic E-state index is -0.0978. The zero-order chi connectivity index (χ0) is 20.7. The van der Waals surface area contributed by atoms with Crippen molar-refractivity contribution in [1.29, 1.82) is 0 Å². The Hall–Kier alpha value is -2.47. The molecular weight excluding hydrogens is 364 g/mol. The normalized spacial score (nSPS) is 15.8. The van der Waals surface area contributed by atoms with E-state index in [1.165, 1.54) is 0 Å². The first-order valence-electron chi connectivity index (χ1n) is 10.4. The van der Waals surface area contributed by atoms with Crippen LogP contribution >= 0.6 is 0 Å². The Morgan fingerprint density at radius 3 is 2.72 bits per heavy atom. The van der Waals surface area contributed by atoms with Crippen LogP contribution in [0.3, 0.4) is 0 Å². The standard InChI is InChI=1S/C23H32N4O2/c1-23(2,3)17-27-13-8-20(9-14-27)29-21-6-4-5-18(15-21)22(28)26-10-7-19-16-24-11-12-25-19/h4-6,11-12,15-16,20H,7-10,13-14,17H2,1-3H3,(H,26,28). The third kappa shape index (κ3) is 7.13. The first-order valence-corrected chi connectivity index (χ1v) is 10.4. The Kier molecular flexibility index (Phi) is 7.20. The molecule has 0 aliphatic carbocycles. The number of benzene rings is 1. The summed E-state index contributed by atoms with van der Waals surface area (Å²) in [7, 11) is 0. The van der Waals surface area contributed by atoms with Gasteiger partial charge in [-0.05, 0) is 36.5 Å². The molecule has 1 aliphatic heterocycles. The average molecular weight is 397 g/mol. The molecule has 1 amide bonds. The number of nitrogens with zero attached hydrogens (tertiary/aromatic N) is 3. The molecule has 1 fully saturated rings. The molecule has 1 aliphatic rings. The van der Waals surface area contributed by atoms with Crippen molar-refractivity contribution in [2.45, 2.75) is 46.1 Å². The lowest BCUT2D eigenvalue weighted by Crippen LogP contribution is -2.42. The number of piperidine rings is 1. The van der Waals surface area contributed by atoms with Crippen LogP contribution in [0, 0.1) is 5.41 Å². The van der Waals surface area contributed by atoms with Crippen LogP contribution in [-0.4, -0.2) is 53.1 Å². The summed E-state index contributed by atoms with van der Waals surface area (Å²) in [4.78, 5) is 23.2. The van der Waals surface area contributed by atoms with Crippen LogP contribution in [0.15, 0.2) is 42.9 Å². The van der Waals surface area contributed by atoms with Gasteiger partial charge in [-0.3, -0.25) is 14.8 Å². The number of aromatic nitrogens is 2. The molecule has 6 heteroatoms. The SMILES string of the molecule is CC(C)(C)CN1CCC(Oc2cccc(C(=O)NCCc3cnccn3)c2)CC1. The van der Waals surface area contributed by atoms with Gasteiger partial charge in [0, 0.05) is 56.8 Å². The predicted octanol–water partition coefficient (Wildman–Crippen LogP) is 3.34. The van der Waals surface area contributed by atoms with Gasteiger partial charge in [0.2, 0.25) is 0 Å². The highest BCUT2D eigenvalue weighted by Gasteiger charge is 2.24. The molecule has 0 spiro atoms. The highest BCUT2D eigenvalue weighted by atomic mass is 16.5. The molecule has 0 unspecified atom stereocenters. The van der Waals surface area contributed by atoms with Gasteiger partial charge < -0.3 is 15.0 Å². The molecular formula is C23H32N4O2. The predicted molar refractivity (Wildman–Crippen MR) is 114 cm³/mol. The fourth-order valence-corrected chi connectivity index (χ4v) is 3.62. The van der Waals surface area contributed by atoms with Gasteiger partial charge >= 0.3 is 0 Å². The fraction of sp³-hybridized carbons (Fsp3) is 0.522. The number of nitrogens with one attached hydrogen (secondary N) is 1. The third-order valence-electron chi connectivity index (χ3n) is 4.91. The summed E-state index contributed by atoms with van der Waals surface area (Å²) in [6.45, 7) is 10.6. The van der Waals surface area contributed by atoms with E-state index in [-0.39, 0.29) is 12.0 Å². The van der Waals surface area contributed by atoms with Gasteiger partial charge in [-0.15, -0.1) is 0 Å². The van der Waals surface area contributed by atoms with E-state index in [1.54, 1.807) is 18.6 Å². The number of likely N-dealkylation sites (tertiary alicyclic amines) is 1. The molecule has 2 aromatic rings. The number of ether oxygens (including phenoxy) is 1. The molecule has 1 aromatic heterocycles. The van der Waals surface area contributed by atoms with E-state index in [9.17, 15) is 4.79 Å². The molecule has 3 rings (SSSR count). The summed E-state index contributed by atoms with van der Waals surface area (Å²) in [5.41, 5.74) is 1.80. The molecule has 1 N–H and O–H groups in total. The number of amides is 1. The summed E-state index contributed by atoms with van der Waals surface area (Å²) in [5, 5.41) is 2.94. The van der Waals surface area contributed by atoms with E-state index < -0.39 is 0 Å². The molecule has 156 valence electrons. The van der Waals surface area contributed by atoms with Crippen molar-refractivity contribution in [2.24, 2.45) is 5.41 Å². The van der Waals surface area contributed by atoms with Crippen molar-refractivity contribution in [1.82, 2.24) is 20.2 Å². The van der Waals surface area contributed by atoms with Gasteiger partial charge in [0.05, 0.1) is 5.69 Å². The maximum atomic E-state index is 12.4. The second-order valence-electron chi connectivity index (χ2n) is 8.88. The monoisotopic (exact) mass is 396 g/mol. The lowest BCUT2D eigenvalue weighted by Gasteiger charge is -2.36. The first-order chi connectivity index (χ1) is 13.9. The maximum Gasteiger partial charge on any atom is 0.251 e. The fourth-order valence-electron chi connectivity index (χ4n) is 3.62. The number of carbonyl (C=O) groups excluding carboxylic acids is 1. The molecule has 0 atom stereocenters. The van der Waals surface area contributed by atoms with Crippen molar-refractivity contribution in [3.05, 3.63) is 54.1 Å². The minimum absolute atomic E-state index is 0.0978. The Balaban J connectivity index is 1.46.